The van der Waals surface area contributed by atoms with Crippen LogP contribution in [0.15, 0.2) is 28.8 Å². The molecule has 0 saturated heterocycles. The highest BCUT2D eigenvalue weighted by Gasteiger charge is 2.20. The van der Waals surface area contributed by atoms with Crippen molar-refractivity contribution in [2.24, 2.45) is 0 Å². The van der Waals surface area contributed by atoms with Gasteiger partial charge < -0.3 is 14.6 Å². The van der Waals surface area contributed by atoms with Gasteiger partial charge in [-0.1, -0.05) is 12.1 Å². The summed E-state index contributed by atoms with van der Waals surface area (Å²) in [6.07, 6.45) is -0.506. The minimum Gasteiger partial charge on any atom is -0.480 e. The zero-order valence-electron chi connectivity index (χ0n) is 11.5. The molecule has 5 nitrogen and oxygen atoms in total. The molecule has 7 heteroatoms. The summed E-state index contributed by atoms with van der Waals surface area (Å²) in [6, 6.07) is 4.65. The predicted molar refractivity (Wildman–Crippen MR) is 70.9 cm³/mol. The molecule has 0 fully saturated rings. The zero-order chi connectivity index (χ0) is 15.4. The van der Waals surface area contributed by atoms with Gasteiger partial charge in [0.05, 0.1) is 0 Å². The van der Waals surface area contributed by atoms with E-state index in [0.717, 1.165) is 12.1 Å². The average Bonchev–Trinajstić information content (AvgIpc) is 2.85. The van der Waals surface area contributed by atoms with E-state index in [1.165, 1.54) is 6.07 Å². The molecule has 2 rings (SSSR count). The van der Waals surface area contributed by atoms with Crippen molar-refractivity contribution in [3.8, 4) is 5.75 Å². The maximum Gasteiger partial charge on any atom is 0.266 e. The molecule has 0 unspecified atom stereocenters. The molecule has 0 aliphatic rings. The second-order valence-electron chi connectivity index (χ2n) is 4.40. The first kappa shape index (κ1) is 15.0. The number of carbonyl (C=O) groups excluding carboxylic acids is 1. The lowest BCUT2D eigenvalue weighted by atomic mass is 10.2. The maximum atomic E-state index is 13.1. The molecule has 0 bridgehead atoms. The minimum absolute atomic E-state index is 0.0761. The number of ether oxygens (including phenoxy) is 1. The summed E-state index contributed by atoms with van der Waals surface area (Å²) in [5.74, 6) is -1.56. The van der Waals surface area contributed by atoms with E-state index in [4.69, 9.17) is 9.26 Å². The van der Waals surface area contributed by atoms with Gasteiger partial charge in [-0.05, 0) is 25.5 Å². The highest BCUT2D eigenvalue weighted by molar-refractivity contribution is 5.93. The lowest BCUT2D eigenvalue weighted by molar-refractivity contribution is -0.122. The summed E-state index contributed by atoms with van der Waals surface area (Å²) in [6.45, 7) is 3.43. The molecular weight excluding hydrogens is 282 g/mol. The molecule has 1 aromatic carbocycles. The van der Waals surface area contributed by atoms with Crippen LogP contribution < -0.4 is 10.1 Å². The summed E-state index contributed by atoms with van der Waals surface area (Å²) in [5, 5.41) is 6.16. The van der Waals surface area contributed by atoms with E-state index in [-0.39, 0.29) is 11.6 Å². The van der Waals surface area contributed by atoms with Crippen molar-refractivity contribution in [1.29, 1.82) is 0 Å². The number of anilines is 1. The lowest BCUT2D eigenvalue weighted by Gasteiger charge is -2.16. The topological polar surface area (TPSA) is 64.4 Å². The molecule has 1 heterocycles. The fourth-order valence-electron chi connectivity index (χ4n) is 1.67. The largest absolute Gasteiger partial charge is 0.480 e. The molecule has 1 aromatic heterocycles. The Labute approximate surface area is 119 Å². The fourth-order valence-corrected chi connectivity index (χ4v) is 1.67. The summed E-state index contributed by atoms with van der Waals surface area (Å²) in [7, 11) is 0. The summed E-state index contributed by atoms with van der Waals surface area (Å²) >= 11 is 0. The van der Waals surface area contributed by atoms with Crippen LogP contribution in [0.5, 0.6) is 5.75 Å². The molecule has 1 amide bonds. The zero-order valence-corrected chi connectivity index (χ0v) is 11.5. The molecule has 2 aromatic rings. The van der Waals surface area contributed by atoms with Crippen molar-refractivity contribution < 1.29 is 22.8 Å². The number of aromatic nitrogens is 1. The van der Waals surface area contributed by atoms with Crippen molar-refractivity contribution in [1.82, 2.24) is 5.16 Å². The monoisotopic (exact) mass is 296 g/mol. The number of benzene rings is 1. The van der Waals surface area contributed by atoms with Crippen LogP contribution >= 0.6 is 0 Å². The number of rotatable bonds is 5. The number of nitrogens with one attached hydrogen (secondary N) is 1. The smallest absolute Gasteiger partial charge is 0.266 e. The van der Waals surface area contributed by atoms with Crippen LogP contribution in [0.1, 0.15) is 19.1 Å². The Morgan fingerprint density at radius 1 is 1.38 bits per heavy atom. The maximum absolute atomic E-state index is 13.1. The third-order valence-corrected chi connectivity index (χ3v) is 2.71. The van der Waals surface area contributed by atoms with Gasteiger partial charge in [-0.2, -0.15) is 0 Å². The number of halogens is 2. The van der Waals surface area contributed by atoms with E-state index in [0.29, 0.717) is 12.2 Å². The quantitative estimate of drug-likeness (QED) is 0.921. The van der Waals surface area contributed by atoms with Gasteiger partial charge in [-0.15, -0.1) is 0 Å². The van der Waals surface area contributed by atoms with Crippen LogP contribution in [0, 0.1) is 18.6 Å². The normalized spacial score (nSPS) is 12.0. The molecule has 0 saturated carbocycles. The molecule has 1 atom stereocenters. The molecule has 0 radical (unpaired) electrons. The van der Waals surface area contributed by atoms with E-state index in [2.05, 4.69) is 10.5 Å². The molecular formula is C14H14F2N2O3. The van der Waals surface area contributed by atoms with Crippen LogP contribution in [0.3, 0.4) is 0 Å². The Hall–Kier alpha value is -2.44. The Morgan fingerprint density at radius 2 is 2.14 bits per heavy atom. The first-order valence-electron chi connectivity index (χ1n) is 6.35. The Kier molecular flexibility index (Phi) is 4.52. The standard InChI is InChI=1S/C14H14F2N2O3/c1-3-12(14(19)17-13-6-8(2)21-18-13)20-9-4-5-10(15)11(16)7-9/h4-7,12H,3H2,1-2H3,(H,17,18,19)/t12-/m1/s1. The predicted octanol–water partition coefficient (Wildman–Crippen LogP) is 3.06. The van der Waals surface area contributed by atoms with E-state index < -0.39 is 23.6 Å². The summed E-state index contributed by atoms with van der Waals surface area (Å²) < 4.78 is 36.1. The number of carbonyl (C=O) groups is 1. The van der Waals surface area contributed by atoms with Crippen LogP contribution in [-0.4, -0.2) is 17.2 Å². The molecule has 1 N–H and O–H groups in total. The molecule has 0 aliphatic carbocycles. The van der Waals surface area contributed by atoms with Crippen LogP contribution in [0.4, 0.5) is 14.6 Å². The van der Waals surface area contributed by atoms with Gasteiger partial charge in [0.25, 0.3) is 5.91 Å². The Bertz CT molecular complexity index is 643. The van der Waals surface area contributed by atoms with E-state index in [1.54, 1.807) is 19.9 Å². The van der Waals surface area contributed by atoms with Crippen LogP contribution in [0.25, 0.3) is 0 Å². The van der Waals surface area contributed by atoms with Crippen molar-refractivity contribution >= 4 is 11.7 Å². The third kappa shape index (κ3) is 3.77. The fraction of sp³-hybridized carbons (Fsp3) is 0.286. The van der Waals surface area contributed by atoms with Gasteiger partial charge >= 0.3 is 0 Å². The molecule has 0 spiro atoms. The second kappa shape index (κ2) is 6.34. The Balaban J connectivity index is 2.04. The minimum atomic E-state index is -1.03. The van der Waals surface area contributed by atoms with Crippen LogP contribution in [-0.2, 0) is 4.79 Å². The van der Waals surface area contributed by atoms with Crippen molar-refractivity contribution in [3.63, 3.8) is 0 Å². The lowest BCUT2D eigenvalue weighted by Crippen LogP contribution is -2.32. The first-order valence-corrected chi connectivity index (χ1v) is 6.35. The van der Waals surface area contributed by atoms with Gasteiger partial charge in [0, 0.05) is 12.1 Å². The number of aryl methyl sites for hydroxylation is 1. The number of hydrogen-bond acceptors (Lipinski definition) is 4. The second-order valence-corrected chi connectivity index (χ2v) is 4.40. The number of amides is 1. The van der Waals surface area contributed by atoms with E-state index >= 15 is 0 Å². The summed E-state index contributed by atoms with van der Waals surface area (Å²) in [4.78, 5) is 12.0. The van der Waals surface area contributed by atoms with Gasteiger partial charge in [-0.25, -0.2) is 8.78 Å². The van der Waals surface area contributed by atoms with E-state index in [1.807, 2.05) is 0 Å². The highest BCUT2D eigenvalue weighted by atomic mass is 19.2. The SMILES string of the molecule is CC[C@@H](Oc1ccc(F)c(F)c1)C(=O)Nc1cc(C)on1. The molecule has 112 valence electrons. The van der Waals surface area contributed by atoms with Crippen molar-refractivity contribution in [3.05, 3.63) is 41.7 Å². The van der Waals surface area contributed by atoms with Crippen molar-refractivity contribution in [2.45, 2.75) is 26.4 Å². The van der Waals surface area contributed by atoms with Gasteiger partial charge in [0.15, 0.2) is 23.6 Å². The first-order chi connectivity index (χ1) is 9.99. The molecule has 21 heavy (non-hydrogen) atoms. The molecule has 0 aliphatic heterocycles. The number of hydrogen-bond donors (Lipinski definition) is 1. The highest BCUT2D eigenvalue weighted by Crippen LogP contribution is 2.18. The summed E-state index contributed by atoms with van der Waals surface area (Å²) in [5.41, 5.74) is 0. The van der Waals surface area contributed by atoms with Crippen LogP contribution in [0.2, 0.25) is 0 Å². The average molecular weight is 296 g/mol. The van der Waals surface area contributed by atoms with Gasteiger partial charge in [0.1, 0.15) is 11.5 Å². The van der Waals surface area contributed by atoms with Gasteiger partial charge in [-0.3, -0.25) is 4.79 Å². The number of nitrogens with zero attached hydrogens (tertiary/aromatic N) is 1. The van der Waals surface area contributed by atoms with Crippen molar-refractivity contribution in [2.75, 3.05) is 5.32 Å². The third-order valence-electron chi connectivity index (χ3n) is 2.71. The van der Waals surface area contributed by atoms with E-state index in [9.17, 15) is 13.6 Å². The Morgan fingerprint density at radius 3 is 2.71 bits per heavy atom. The van der Waals surface area contributed by atoms with Gasteiger partial charge in [0.2, 0.25) is 0 Å².